The van der Waals surface area contributed by atoms with Gasteiger partial charge in [-0.05, 0) is 56.4 Å². The van der Waals surface area contributed by atoms with Crippen molar-refractivity contribution in [1.82, 2.24) is 19.5 Å². The van der Waals surface area contributed by atoms with Gasteiger partial charge < -0.3 is 15.0 Å². The van der Waals surface area contributed by atoms with Crippen LogP contribution in [0.15, 0.2) is 48.5 Å². The lowest BCUT2D eigenvalue weighted by Crippen LogP contribution is -2.31. The molecule has 0 spiro atoms. The van der Waals surface area contributed by atoms with Gasteiger partial charge in [-0.3, -0.25) is 0 Å². The molecule has 1 fully saturated rings. The zero-order chi connectivity index (χ0) is 23.8. The van der Waals surface area contributed by atoms with Crippen LogP contribution in [-0.4, -0.2) is 36.6 Å². The highest BCUT2D eigenvalue weighted by Gasteiger charge is 2.27. The Morgan fingerprint density at radius 3 is 2.59 bits per heavy atom. The largest absolute Gasteiger partial charge is 0.475 e. The summed E-state index contributed by atoms with van der Waals surface area (Å²) in [5.41, 5.74) is 4.14. The quantitative estimate of drug-likeness (QED) is 0.350. The van der Waals surface area contributed by atoms with Crippen LogP contribution in [0.5, 0.6) is 0 Å². The second kappa shape index (κ2) is 9.06. The highest BCUT2D eigenvalue weighted by molar-refractivity contribution is 6.30. The molecule has 8 heteroatoms. The molecule has 2 N–H and O–H groups in total. The van der Waals surface area contributed by atoms with E-state index in [4.69, 9.17) is 16.6 Å². The second-order valence-electron chi connectivity index (χ2n) is 9.01. The molecule has 1 aliphatic rings. The van der Waals surface area contributed by atoms with Gasteiger partial charge >= 0.3 is 5.97 Å². The number of carboxylic acids is 1. The fourth-order valence-electron chi connectivity index (χ4n) is 4.44. The molecule has 2 aromatic carbocycles. The van der Waals surface area contributed by atoms with Gasteiger partial charge in [0.25, 0.3) is 0 Å². The number of rotatable bonds is 7. The third-order valence-electron chi connectivity index (χ3n) is 6.55. The minimum atomic E-state index is -1.18. The van der Waals surface area contributed by atoms with Crippen LogP contribution in [0.4, 0.5) is 5.82 Å². The number of carbonyl (C=O) groups is 1. The summed E-state index contributed by atoms with van der Waals surface area (Å²) in [5, 5.41) is 13.8. The van der Waals surface area contributed by atoms with E-state index in [1.807, 2.05) is 49.4 Å². The molecular weight excluding hydrogens is 450 g/mol. The number of nitrogens with zero attached hydrogens (tertiary/aromatic N) is 4. The Bertz CT molecular complexity index is 1360. The first kappa shape index (κ1) is 22.3. The van der Waals surface area contributed by atoms with Crippen molar-refractivity contribution in [2.75, 3.05) is 5.32 Å². The predicted octanol–water partition coefficient (Wildman–Crippen LogP) is 5.80. The van der Waals surface area contributed by atoms with Gasteiger partial charge in [0.15, 0.2) is 11.5 Å². The van der Waals surface area contributed by atoms with Crippen molar-refractivity contribution >= 4 is 34.6 Å². The number of halogens is 1. The lowest BCUT2D eigenvalue weighted by molar-refractivity contribution is 0.0684. The maximum Gasteiger partial charge on any atom is 0.374 e. The summed E-state index contributed by atoms with van der Waals surface area (Å²) in [7, 11) is 0. The Balaban J connectivity index is 1.71. The highest BCUT2D eigenvalue weighted by atomic mass is 35.5. The van der Waals surface area contributed by atoms with Crippen molar-refractivity contribution in [1.29, 1.82) is 0 Å². The van der Waals surface area contributed by atoms with Crippen molar-refractivity contribution in [3.8, 4) is 11.4 Å². The monoisotopic (exact) mass is 475 g/mol. The number of nitrogens with one attached hydrogen (secondary N) is 1. The van der Waals surface area contributed by atoms with Crippen LogP contribution in [0.1, 0.15) is 47.9 Å². The summed E-state index contributed by atoms with van der Waals surface area (Å²) in [6.45, 7) is 4.67. The summed E-state index contributed by atoms with van der Waals surface area (Å²) < 4.78 is 2.06. The summed E-state index contributed by atoms with van der Waals surface area (Å²) in [6, 6.07) is 15.9. The molecule has 2 heterocycles. The fourth-order valence-corrected chi connectivity index (χ4v) is 4.56. The molecule has 0 saturated heterocycles. The van der Waals surface area contributed by atoms with E-state index in [-0.39, 0.29) is 11.9 Å². The van der Waals surface area contributed by atoms with Crippen molar-refractivity contribution in [2.45, 2.75) is 45.7 Å². The lowest BCUT2D eigenvalue weighted by Gasteiger charge is -2.32. The van der Waals surface area contributed by atoms with Crippen LogP contribution in [0.25, 0.3) is 22.6 Å². The van der Waals surface area contributed by atoms with E-state index in [2.05, 4.69) is 32.8 Å². The molecule has 174 valence electrons. The average Bonchev–Trinajstić information content (AvgIpc) is 3.12. The summed E-state index contributed by atoms with van der Waals surface area (Å²) >= 11 is 6.11. The van der Waals surface area contributed by atoms with E-state index < -0.39 is 5.97 Å². The molecule has 7 nitrogen and oxygen atoms in total. The molecule has 1 unspecified atom stereocenters. The molecule has 0 bridgehead atoms. The van der Waals surface area contributed by atoms with Crippen LogP contribution in [-0.2, 0) is 6.54 Å². The van der Waals surface area contributed by atoms with Gasteiger partial charge in [0.05, 0.1) is 0 Å². The van der Waals surface area contributed by atoms with Gasteiger partial charge in [-0.25, -0.2) is 19.7 Å². The molecule has 2 aromatic heterocycles. The smallest absolute Gasteiger partial charge is 0.374 e. The first-order chi connectivity index (χ1) is 16.4. The van der Waals surface area contributed by atoms with Crippen molar-refractivity contribution in [2.24, 2.45) is 5.92 Å². The van der Waals surface area contributed by atoms with Crippen molar-refractivity contribution in [3.05, 3.63) is 70.5 Å². The highest BCUT2D eigenvalue weighted by Crippen LogP contribution is 2.34. The molecular formula is C26H26ClN5O2. The number of aromatic nitrogens is 4. The van der Waals surface area contributed by atoms with Gasteiger partial charge in [-0.1, -0.05) is 53.9 Å². The first-order valence-corrected chi connectivity index (χ1v) is 11.9. The number of fused-ring (bicyclic) bond motifs is 1. The van der Waals surface area contributed by atoms with Gasteiger partial charge in [0.1, 0.15) is 11.3 Å². The van der Waals surface area contributed by atoms with E-state index in [9.17, 15) is 9.90 Å². The van der Waals surface area contributed by atoms with Crippen LogP contribution >= 0.6 is 11.6 Å². The standard InChI is InChI=1S/C26H26ClN5O2/c1-15-5-3-8-19(13-15)25-31-23-21(32(25)14-17-9-11-20(27)12-10-17)22(29-24(30-23)26(33)34)28-16(2)18-6-4-7-18/h3,5,8-13,16,18H,4,6-7,14H2,1-2H3,(H,33,34)(H,28,29,30). The maximum absolute atomic E-state index is 11.8. The van der Waals surface area contributed by atoms with E-state index in [0.29, 0.717) is 40.3 Å². The van der Waals surface area contributed by atoms with Crippen molar-refractivity contribution in [3.63, 3.8) is 0 Å². The van der Waals surface area contributed by atoms with Gasteiger partial charge in [0, 0.05) is 23.2 Å². The third-order valence-corrected chi connectivity index (χ3v) is 6.80. The Kier molecular flexibility index (Phi) is 5.96. The molecule has 4 aromatic rings. The molecule has 5 rings (SSSR count). The van der Waals surface area contributed by atoms with Crippen LogP contribution in [0, 0.1) is 12.8 Å². The zero-order valence-corrected chi connectivity index (χ0v) is 19.9. The second-order valence-corrected chi connectivity index (χ2v) is 9.45. The average molecular weight is 476 g/mol. The lowest BCUT2D eigenvalue weighted by atomic mass is 9.80. The minimum Gasteiger partial charge on any atom is -0.475 e. The number of hydrogen-bond acceptors (Lipinski definition) is 5. The number of hydrogen-bond donors (Lipinski definition) is 2. The fraction of sp³-hybridized carbons (Fsp3) is 0.308. The summed E-state index contributed by atoms with van der Waals surface area (Å²) in [4.78, 5) is 25.3. The molecule has 1 saturated carbocycles. The van der Waals surface area contributed by atoms with Gasteiger partial charge in [0.2, 0.25) is 5.82 Å². The molecule has 1 atom stereocenters. The first-order valence-electron chi connectivity index (χ1n) is 11.5. The van der Waals surface area contributed by atoms with Crippen LogP contribution < -0.4 is 5.32 Å². The number of aryl methyl sites for hydroxylation is 1. The zero-order valence-electron chi connectivity index (χ0n) is 19.1. The Labute approximate surface area is 202 Å². The van der Waals surface area contributed by atoms with Crippen LogP contribution in [0.2, 0.25) is 5.02 Å². The summed E-state index contributed by atoms with van der Waals surface area (Å²) in [6.07, 6.45) is 3.54. The van der Waals surface area contributed by atoms with E-state index >= 15 is 0 Å². The van der Waals surface area contributed by atoms with E-state index in [1.165, 1.54) is 6.42 Å². The normalized spacial score (nSPS) is 14.7. The Morgan fingerprint density at radius 2 is 1.94 bits per heavy atom. The molecule has 0 amide bonds. The molecule has 1 aliphatic carbocycles. The SMILES string of the molecule is Cc1cccc(-c2nc3nc(C(=O)O)nc(NC(C)C4CCC4)c3n2Cc2ccc(Cl)cc2)c1. The van der Waals surface area contributed by atoms with Gasteiger partial charge in [-0.2, -0.15) is 0 Å². The minimum absolute atomic E-state index is 0.162. The molecule has 34 heavy (non-hydrogen) atoms. The molecule has 0 aliphatic heterocycles. The van der Waals surface area contributed by atoms with Gasteiger partial charge in [-0.15, -0.1) is 0 Å². The van der Waals surface area contributed by atoms with E-state index in [1.54, 1.807) is 0 Å². The summed E-state index contributed by atoms with van der Waals surface area (Å²) in [5.74, 6) is 0.322. The number of anilines is 1. The Morgan fingerprint density at radius 1 is 1.18 bits per heavy atom. The number of imidazole rings is 1. The topological polar surface area (TPSA) is 92.9 Å². The number of carboxylic acid groups (broad SMARTS) is 1. The number of aromatic carboxylic acids is 1. The van der Waals surface area contributed by atoms with Crippen LogP contribution in [0.3, 0.4) is 0 Å². The molecule has 0 radical (unpaired) electrons. The Hall–Kier alpha value is -3.45. The van der Waals surface area contributed by atoms with E-state index in [0.717, 1.165) is 29.5 Å². The maximum atomic E-state index is 11.8. The predicted molar refractivity (Wildman–Crippen MR) is 133 cm³/mol. The number of benzene rings is 2. The third kappa shape index (κ3) is 4.35. The van der Waals surface area contributed by atoms with Crippen molar-refractivity contribution < 1.29 is 9.90 Å².